The first kappa shape index (κ1) is 63.8. The Kier molecular flexibility index (Phi) is 21.5. The molecule has 0 aromatic heterocycles. The summed E-state index contributed by atoms with van der Waals surface area (Å²) < 4.78 is 244. The third-order valence-corrected chi connectivity index (χ3v) is 21.7. The minimum absolute atomic E-state index is 0.00452. The highest BCUT2D eigenvalue weighted by atomic mass is 32.3. The van der Waals surface area contributed by atoms with E-state index in [-0.39, 0.29) is 105 Å². The molecule has 0 aliphatic carbocycles. The van der Waals surface area contributed by atoms with Crippen LogP contribution in [0.2, 0.25) is 0 Å². The van der Waals surface area contributed by atoms with Crippen LogP contribution in [0, 0.1) is 0 Å². The third-order valence-electron chi connectivity index (χ3n) is 11.3. The highest BCUT2D eigenvalue weighted by molar-refractivity contribution is 8.33. The first-order valence-electron chi connectivity index (χ1n) is 24.0. The molecule has 6 rings (SSSR count). The van der Waals surface area contributed by atoms with Gasteiger partial charge in [0, 0.05) is 29.4 Å². The van der Waals surface area contributed by atoms with E-state index in [1.807, 2.05) is 0 Å². The average molecular weight is 1230 g/mol. The van der Waals surface area contributed by atoms with Gasteiger partial charge in [-0.3, -0.25) is 0 Å². The molecule has 26 heteroatoms. The van der Waals surface area contributed by atoms with Gasteiger partial charge in [0.2, 0.25) is 0 Å². The first-order chi connectivity index (χ1) is 39.0. The molecule has 0 saturated carbocycles. The Bertz CT molecular complexity index is 2930. The highest BCUT2D eigenvalue weighted by Gasteiger charge is 2.88. The number of halogens is 8. The molecule has 14 nitrogen and oxygen atoms in total. The Labute approximate surface area is 472 Å². The second kappa shape index (κ2) is 27.6. The molecule has 0 fully saturated rings. The molecule has 0 bridgehead atoms. The summed E-state index contributed by atoms with van der Waals surface area (Å²) in [6, 6.07) is 30.9. The minimum Gasteiger partial charge on any atom is -0.498 e. The number of ether oxygens (including phenoxy) is 8. The van der Waals surface area contributed by atoms with Crippen LogP contribution in [0.15, 0.2) is 238 Å². The molecule has 0 heterocycles. The molecule has 0 saturated heterocycles. The van der Waals surface area contributed by atoms with Gasteiger partial charge < -0.3 is 37.9 Å². The molecule has 0 aliphatic rings. The molecule has 0 aliphatic heterocycles. The topological polar surface area (TPSA) is 161 Å². The molecule has 442 valence electrons. The third kappa shape index (κ3) is 13.6. The van der Waals surface area contributed by atoms with Gasteiger partial charge in [-0.25, -0.2) is 7.26 Å². The number of hydrogen-bond donors (Lipinski definition) is 0. The smallest absolute Gasteiger partial charge is 0.439 e. The molecule has 0 unspecified atom stereocenters. The average Bonchev–Trinajstić information content (AvgIpc) is 2.41. The largest absolute Gasteiger partial charge is 0.498 e. The van der Waals surface area contributed by atoms with E-state index in [0.29, 0.717) is 0 Å². The van der Waals surface area contributed by atoms with Gasteiger partial charge in [-0.2, -0.15) is 52.0 Å². The van der Waals surface area contributed by atoms with E-state index >= 15 is 35.1 Å². The maximum atomic E-state index is 16.9. The van der Waals surface area contributed by atoms with E-state index in [0.717, 1.165) is 97.8 Å². The molecule has 0 spiro atoms. The lowest BCUT2D eigenvalue weighted by Gasteiger charge is -2.43. The molecular weight excluding hydrogens is 1180 g/mol. The van der Waals surface area contributed by atoms with Crippen LogP contribution in [0.3, 0.4) is 0 Å². The number of rotatable bonds is 35. The zero-order valence-corrected chi connectivity index (χ0v) is 46.4. The zero-order chi connectivity index (χ0) is 59.7. The van der Waals surface area contributed by atoms with Crippen LogP contribution in [-0.4, -0.2) is 92.0 Å². The van der Waals surface area contributed by atoms with E-state index in [9.17, 15) is 16.8 Å². The lowest BCUT2D eigenvalue weighted by molar-refractivity contribution is -0.327. The van der Waals surface area contributed by atoms with Gasteiger partial charge in [0.1, 0.15) is 75.9 Å². The van der Waals surface area contributed by atoms with Crippen LogP contribution in [0.5, 0.6) is 23.0 Å². The van der Waals surface area contributed by atoms with Gasteiger partial charge in [-0.15, -0.1) is 0 Å². The SMILES string of the molecule is C=COCCOc1ccc(S(OS(=O)(=O)C(F)(F)C(F)(F)C(F)(F)C(F)(F)S(=O)(=O)OS(c2ccccc2)(c2ccc(OCCOC=C)cc2)c2ccc(OCCOC=C)cc2)(c2ccccc2)c2ccc(OCCOC=C)cc2)cc1. The molecule has 6 aromatic rings. The van der Waals surface area contributed by atoms with Crippen LogP contribution in [0.4, 0.5) is 35.1 Å². The summed E-state index contributed by atoms with van der Waals surface area (Å²) in [5.41, 5.74) is 0. The highest BCUT2D eigenvalue weighted by Crippen LogP contribution is 2.74. The van der Waals surface area contributed by atoms with Crippen LogP contribution in [0.25, 0.3) is 0 Å². The van der Waals surface area contributed by atoms with Crippen molar-refractivity contribution in [3.63, 3.8) is 0 Å². The van der Waals surface area contributed by atoms with E-state index in [1.54, 1.807) is 0 Å². The fourth-order valence-electron chi connectivity index (χ4n) is 7.38. The molecular formula is C56H54F8O14S4. The maximum absolute atomic E-state index is 16.9. The van der Waals surface area contributed by atoms with Crippen molar-refractivity contribution in [3.8, 4) is 23.0 Å². The van der Waals surface area contributed by atoms with Crippen LogP contribution in [-0.2, 0) is 46.4 Å². The molecule has 0 N–H and O–H groups in total. The summed E-state index contributed by atoms with van der Waals surface area (Å²) in [5, 5.41) is -14.8. The van der Waals surface area contributed by atoms with Gasteiger partial charge in [-0.05, 0) is 142 Å². The van der Waals surface area contributed by atoms with E-state index in [1.165, 1.54) is 84.9 Å². The van der Waals surface area contributed by atoms with Crippen molar-refractivity contribution in [2.75, 3.05) is 52.9 Å². The Balaban J connectivity index is 1.48. The van der Waals surface area contributed by atoms with Gasteiger partial charge in [-0.1, -0.05) is 62.7 Å². The summed E-state index contributed by atoms with van der Waals surface area (Å²) >= 11 is 0. The van der Waals surface area contributed by atoms with E-state index in [4.69, 9.17) is 45.2 Å². The fraction of sp³-hybridized carbons (Fsp3) is 0.214. The Morgan fingerprint density at radius 3 is 0.732 bits per heavy atom. The van der Waals surface area contributed by atoms with Crippen molar-refractivity contribution < 1.29 is 97.1 Å². The second-order valence-electron chi connectivity index (χ2n) is 16.4. The van der Waals surface area contributed by atoms with Crippen molar-refractivity contribution in [2.24, 2.45) is 0 Å². The van der Waals surface area contributed by atoms with Gasteiger partial charge >= 0.3 is 42.6 Å². The predicted molar refractivity (Wildman–Crippen MR) is 290 cm³/mol. The normalized spacial score (nSPS) is 12.9. The molecule has 0 atom stereocenters. The van der Waals surface area contributed by atoms with Crippen molar-refractivity contribution >= 4 is 40.9 Å². The fourth-order valence-corrected chi connectivity index (χ4v) is 17.8. The van der Waals surface area contributed by atoms with E-state index < -0.39 is 63.2 Å². The number of hydrogen-bond acceptors (Lipinski definition) is 14. The first-order valence-corrected chi connectivity index (χ1v) is 30.0. The minimum atomic E-state index is -7.87. The van der Waals surface area contributed by atoms with Crippen LogP contribution < -0.4 is 18.9 Å². The lowest BCUT2D eigenvalue weighted by atomic mass is 10.2. The summed E-state index contributed by atoms with van der Waals surface area (Å²) in [6.45, 7) is 13.4. The molecule has 82 heavy (non-hydrogen) atoms. The van der Waals surface area contributed by atoms with Crippen molar-refractivity contribution in [1.29, 1.82) is 0 Å². The standard InChI is InChI=1S/C56H54F8O14S4/c1-5-69-35-39-73-43-19-27-49(28-20-43)79(47-15-11-9-12-16-47,50-29-21-44(22-30-50)74-40-36-70-6-2)77-81(65,66)55(61,62)53(57,58)54(59,60)56(63,64)82(67,68)78-80(48-17-13-10-14-18-48,51-31-23-45(24-32-51)75-41-37-71-7-3)52-33-25-46(26-34-52)76-42-38-72-8-4/h5-34H,1-4,35-42H2. The van der Waals surface area contributed by atoms with E-state index in [2.05, 4.69) is 26.3 Å². The van der Waals surface area contributed by atoms with Crippen LogP contribution in [0.1, 0.15) is 0 Å². The maximum Gasteiger partial charge on any atom is 0.439 e. The van der Waals surface area contributed by atoms with Crippen LogP contribution >= 0.6 is 20.6 Å². The Morgan fingerprint density at radius 1 is 0.317 bits per heavy atom. The monoisotopic (exact) mass is 1230 g/mol. The van der Waals surface area contributed by atoms with Crippen molar-refractivity contribution in [3.05, 3.63) is 209 Å². The van der Waals surface area contributed by atoms with Gasteiger partial charge in [0.15, 0.2) is 0 Å². The summed E-state index contributed by atoms with van der Waals surface area (Å²) in [7, 11) is -24.4. The second-order valence-corrected chi connectivity index (χ2v) is 25.4. The summed E-state index contributed by atoms with van der Waals surface area (Å²) in [4.78, 5) is -2.18. The molecule has 0 radical (unpaired) electrons. The summed E-state index contributed by atoms with van der Waals surface area (Å²) in [5.74, 6) is -15.5. The zero-order valence-electron chi connectivity index (χ0n) is 43.2. The van der Waals surface area contributed by atoms with Gasteiger partial charge in [0.05, 0.1) is 25.0 Å². The van der Waals surface area contributed by atoms with Crippen molar-refractivity contribution in [1.82, 2.24) is 0 Å². The Morgan fingerprint density at radius 2 is 0.524 bits per heavy atom. The van der Waals surface area contributed by atoms with Gasteiger partial charge in [0.25, 0.3) is 0 Å². The summed E-state index contributed by atoms with van der Waals surface area (Å²) in [6.07, 6.45) is 4.55. The predicted octanol–water partition coefficient (Wildman–Crippen LogP) is 14.1. The lowest BCUT2D eigenvalue weighted by Crippen LogP contribution is -2.66. The molecule has 0 amide bonds. The number of alkyl halides is 8. The molecule has 6 aromatic carbocycles. The number of benzene rings is 6. The Hall–Kier alpha value is -7.36. The quantitative estimate of drug-likeness (QED) is 0.0210. The van der Waals surface area contributed by atoms with Crippen molar-refractivity contribution in [2.45, 2.75) is 51.7 Å².